The number of carbonyl (C=O) groups is 2. The van der Waals surface area contributed by atoms with Crippen molar-refractivity contribution < 1.29 is 23.1 Å². The van der Waals surface area contributed by atoms with Crippen LogP contribution in [0.25, 0.3) is 0 Å². The molecule has 4 rings (SSSR count). The fourth-order valence-corrected chi connectivity index (χ4v) is 4.47. The van der Waals surface area contributed by atoms with Crippen molar-refractivity contribution in [3.8, 4) is 5.75 Å². The molecule has 1 saturated heterocycles. The van der Waals surface area contributed by atoms with Gasteiger partial charge in [-0.1, -0.05) is 23.7 Å². The molecule has 0 saturated carbocycles. The van der Waals surface area contributed by atoms with E-state index in [0.717, 1.165) is 5.01 Å². The zero-order valence-corrected chi connectivity index (χ0v) is 19.0. The zero-order valence-electron chi connectivity index (χ0n) is 18.2. The first-order chi connectivity index (χ1) is 16.3. The van der Waals surface area contributed by atoms with Gasteiger partial charge in [0.05, 0.1) is 5.71 Å². The molecule has 2 N–H and O–H groups in total. The highest BCUT2D eigenvalue weighted by molar-refractivity contribution is 6.30. The molecular formula is C23H24ClF2N5O3. The van der Waals surface area contributed by atoms with E-state index in [9.17, 15) is 18.4 Å². The van der Waals surface area contributed by atoms with Gasteiger partial charge in [0.1, 0.15) is 30.4 Å². The lowest BCUT2D eigenvalue weighted by Crippen LogP contribution is -2.59. The van der Waals surface area contributed by atoms with Crippen LogP contribution >= 0.6 is 11.6 Å². The van der Waals surface area contributed by atoms with Crippen LogP contribution in [-0.2, 0) is 16.0 Å². The molecule has 34 heavy (non-hydrogen) atoms. The third-order valence-electron chi connectivity index (χ3n) is 5.89. The molecule has 0 bridgehead atoms. The molecule has 1 aromatic carbocycles. The second-order valence-electron chi connectivity index (χ2n) is 8.29. The van der Waals surface area contributed by atoms with E-state index in [0.29, 0.717) is 22.2 Å². The minimum Gasteiger partial charge on any atom is -0.491 e. The van der Waals surface area contributed by atoms with Crippen LogP contribution in [0, 0.1) is 5.41 Å². The normalized spacial score (nSPS) is 20.9. The Hall–Kier alpha value is -3.11. The van der Waals surface area contributed by atoms with Gasteiger partial charge in [-0.25, -0.2) is 13.8 Å². The first-order valence-electron chi connectivity index (χ1n) is 10.8. The summed E-state index contributed by atoms with van der Waals surface area (Å²) < 4.78 is 31.7. The highest BCUT2D eigenvalue weighted by Crippen LogP contribution is 2.38. The van der Waals surface area contributed by atoms with Gasteiger partial charge < -0.3 is 15.4 Å². The number of likely N-dealkylation sites (tertiary alicyclic amines) is 1. The fraction of sp³-hybridized carbons (Fsp3) is 0.391. The van der Waals surface area contributed by atoms with Gasteiger partial charge in [-0.15, -0.1) is 0 Å². The summed E-state index contributed by atoms with van der Waals surface area (Å²) >= 11 is 5.95. The van der Waals surface area contributed by atoms with Crippen molar-refractivity contribution in [2.45, 2.75) is 25.3 Å². The number of halogens is 3. The lowest BCUT2D eigenvalue weighted by molar-refractivity contribution is -0.142. The van der Waals surface area contributed by atoms with Crippen molar-refractivity contribution >= 4 is 29.1 Å². The molecule has 180 valence electrons. The summed E-state index contributed by atoms with van der Waals surface area (Å²) in [6.45, 7) is -0.643. The summed E-state index contributed by atoms with van der Waals surface area (Å²) in [7, 11) is 0. The lowest BCUT2D eigenvalue weighted by atomic mass is 9.74. The number of nitrogens with two attached hydrogens (primary N) is 1. The maximum absolute atomic E-state index is 13.3. The van der Waals surface area contributed by atoms with Crippen LogP contribution in [0.5, 0.6) is 5.75 Å². The van der Waals surface area contributed by atoms with Crippen molar-refractivity contribution in [2.24, 2.45) is 16.3 Å². The summed E-state index contributed by atoms with van der Waals surface area (Å²) in [5.74, 6) is -0.486. The quantitative estimate of drug-likeness (QED) is 0.611. The summed E-state index contributed by atoms with van der Waals surface area (Å²) in [5.41, 5.74) is 5.93. The maximum atomic E-state index is 13.3. The number of rotatable bonds is 8. The number of nitrogens with zero attached hydrogens (tertiary/aromatic N) is 4. The molecule has 2 aromatic rings. The first-order valence-corrected chi connectivity index (χ1v) is 11.2. The molecule has 0 spiro atoms. The van der Waals surface area contributed by atoms with E-state index in [1.54, 1.807) is 48.7 Å². The van der Waals surface area contributed by atoms with Crippen molar-refractivity contribution in [3.05, 3.63) is 59.4 Å². The summed E-state index contributed by atoms with van der Waals surface area (Å²) in [6, 6.07) is 11.0. The van der Waals surface area contributed by atoms with Gasteiger partial charge in [-0.3, -0.25) is 14.6 Å². The molecule has 0 radical (unpaired) electrons. The predicted molar refractivity (Wildman–Crippen MR) is 122 cm³/mol. The van der Waals surface area contributed by atoms with Crippen LogP contribution in [0.2, 0.25) is 5.02 Å². The first kappa shape index (κ1) is 24.0. The van der Waals surface area contributed by atoms with Crippen molar-refractivity contribution in [1.82, 2.24) is 14.9 Å². The van der Waals surface area contributed by atoms with E-state index < -0.39 is 36.2 Å². The van der Waals surface area contributed by atoms with Crippen LogP contribution < -0.4 is 10.5 Å². The van der Waals surface area contributed by atoms with Crippen LogP contribution in [-0.4, -0.2) is 71.1 Å². The Bertz CT molecular complexity index is 1090. The number of hydrazone groups is 1. The molecule has 8 nitrogen and oxygen atoms in total. The Morgan fingerprint density at radius 3 is 2.79 bits per heavy atom. The van der Waals surface area contributed by atoms with E-state index in [1.165, 1.54) is 4.90 Å². The van der Waals surface area contributed by atoms with Crippen LogP contribution in [0.1, 0.15) is 12.1 Å². The summed E-state index contributed by atoms with van der Waals surface area (Å²) in [6.07, 6.45) is -0.724. The van der Waals surface area contributed by atoms with Crippen LogP contribution in [0.15, 0.2) is 53.8 Å². The highest BCUT2D eigenvalue weighted by atomic mass is 35.5. The molecule has 3 heterocycles. The Kier molecular flexibility index (Phi) is 7.08. The topological polar surface area (TPSA) is 101 Å². The molecule has 1 fully saturated rings. The number of amides is 2. The molecule has 2 atom stereocenters. The molecular weight excluding hydrogens is 468 g/mol. The van der Waals surface area contributed by atoms with E-state index in [2.05, 4.69) is 10.1 Å². The minimum atomic E-state index is -2.73. The summed E-state index contributed by atoms with van der Waals surface area (Å²) in [5, 5.41) is 5.52. The zero-order chi connectivity index (χ0) is 24.3. The van der Waals surface area contributed by atoms with Crippen molar-refractivity contribution in [3.63, 3.8) is 0 Å². The van der Waals surface area contributed by atoms with Gasteiger partial charge >= 0.3 is 0 Å². The Labute approximate surface area is 200 Å². The fourth-order valence-electron chi connectivity index (χ4n) is 4.29. The van der Waals surface area contributed by atoms with E-state index in [-0.39, 0.29) is 32.5 Å². The van der Waals surface area contributed by atoms with Gasteiger partial charge in [0.15, 0.2) is 0 Å². The molecule has 2 unspecified atom stereocenters. The van der Waals surface area contributed by atoms with Gasteiger partial charge in [0.2, 0.25) is 5.91 Å². The van der Waals surface area contributed by atoms with Crippen LogP contribution in [0.3, 0.4) is 0 Å². The lowest BCUT2D eigenvalue weighted by Gasteiger charge is -2.40. The maximum Gasteiger partial charge on any atom is 0.258 e. The average molecular weight is 492 g/mol. The van der Waals surface area contributed by atoms with Crippen molar-refractivity contribution in [2.75, 3.05) is 26.2 Å². The second kappa shape index (κ2) is 10.0. The third kappa shape index (κ3) is 5.02. The number of hydrogen-bond donors (Lipinski definition) is 1. The number of benzene rings is 1. The number of aromatic nitrogens is 1. The smallest absolute Gasteiger partial charge is 0.258 e. The number of ether oxygens (including phenoxy) is 1. The Balaban J connectivity index is 1.52. The highest BCUT2D eigenvalue weighted by Gasteiger charge is 2.55. The number of piperidine rings is 1. The van der Waals surface area contributed by atoms with E-state index in [4.69, 9.17) is 22.1 Å². The van der Waals surface area contributed by atoms with E-state index in [1.807, 2.05) is 0 Å². The number of hydrogen-bond acceptors (Lipinski definition) is 6. The number of alkyl halides is 2. The van der Waals surface area contributed by atoms with Crippen molar-refractivity contribution in [1.29, 1.82) is 0 Å². The molecule has 1 aromatic heterocycles. The van der Waals surface area contributed by atoms with Crippen LogP contribution in [0.4, 0.5) is 8.78 Å². The Morgan fingerprint density at radius 2 is 2.09 bits per heavy atom. The second-order valence-corrected chi connectivity index (χ2v) is 8.73. The monoisotopic (exact) mass is 491 g/mol. The number of fused-ring (bicyclic) bond motifs is 1. The Morgan fingerprint density at radius 1 is 1.26 bits per heavy atom. The standard InChI is InChI=1S/C23H24ClF2N5O3/c24-15-4-3-6-17(10-15)34-13-18(27)21(32)30-9-7-19-23(14-30,11-16-5-1-2-8-28-16)22(33)31(29-19)12-20(25)26/h1-6,8,10,18,20H,7,9,11-14,27H2. The SMILES string of the molecule is NC(COc1cccc(Cl)c1)C(=O)N1CCC2=NN(CC(F)F)C(=O)C2(Cc2ccccn2)C1. The molecule has 2 amide bonds. The van der Waals surface area contributed by atoms with Gasteiger partial charge in [0, 0.05) is 42.8 Å². The van der Waals surface area contributed by atoms with Gasteiger partial charge in [0.25, 0.3) is 12.3 Å². The number of pyridine rings is 1. The summed E-state index contributed by atoms with van der Waals surface area (Å²) in [4.78, 5) is 32.2. The molecule has 0 aliphatic carbocycles. The number of carbonyl (C=O) groups excluding carboxylic acids is 2. The predicted octanol–water partition coefficient (Wildman–Crippen LogP) is 2.37. The third-order valence-corrected chi connectivity index (χ3v) is 6.13. The largest absolute Gasteiger partial charge is 0.491 e. The molecule has 2 aliphatic heterocycles. The minimum absolute atomic E-state index is 0.0231. The molecule has 11 heteroatoms. The van der Waals surface area contributed by atoms with Gasteiger partial charge in [-0.05, 0) is 30.3 Å². The average Bonchev–Trinajstić information content (AvgIpc) is 3.07. The van der Waals surface area contributed by atoms with Gasteiger partial charge in [-0.2, -0.15) is 5.10 Å². The molecule has 2 aliphatic rings. The van der Waals surface area contributed by atoms with E-state index >= 15 is 0 Å².